The van der Waals surface area contributed by atoms with Gasteiger partial charge in [0.1, 0.15) is 13.2 Å². The molecule has 0 aromatic rings. The van der Waals surface area contributed by atoms with E-state index in [4.69, 9.17) is 14.2 Å². The van der Waals surface area contributed by atoms with E-state index in [0.717, 1.165) is 77.0 Å². The lowest BCUT2D eigenvalue weighted by Gasteiger charge is -2.18. The molecule has 0 radical (unpaired) electrons. The Bertz CT molecular complexity index is 1210. The van der Waals surface area contributed by atoms with Crippen LogP contribution in [0.3, 0.4) is 0 Å². The summed E-state index contributed by atoms with van der Waals surface area (Å²) in [6, 6.07) is 0. The van der Waals surface area contributed by atoms with Crippen LogP contribution in [0.25, 0.3) is 0 Å². The van der Waals surface area contributed by atoms with Crippen molar-refractivity contribution in [1.82, 2.24) is 0 Å². The molecule has 0 aliphatic heterocycles. The Balaban J connectivity index is 4.30. The van der Waals surface area contributed by atoms with Gasteiger partial charge in [-0.1, -0.05) is 248 Å². The molecule has 67 heavy (non-hydrogen) atoms. The van der Waals surface area contributed by atoms with Crippen LogP contribution < -0.4 is 0 Å². The molecular formula is C61H108O6. The molecule has 0 spiro atoms. The smallest absolute Gasteiger partial charge is 0.306 e. The molecule has 0 amide bonds. The molecule has 1 atom stereocenters. The second-order valence-corrected chi connectivity index (χ2v) is 19.2. The van der Waals surface area contributed by atoms with Crippen LogP contribution in [-0.4, -0.2) is 37.2 Å². The molecule has 388 valence electrons. The van der Waals surface area contributed by atoms with Crippen LogP contribution in [0.4, 0.5) is 0 Å². The highest BCUT2D eigenvalue weighted by Gasteiger charge is 2.19. The minimum atomic E-state index is -0.793. The summed E-state index contributed by atoms with van der Waals surface area (Å²) in [5.74, 6) is -0.922. The third-order valence-electron chi connectivity index (χ3n) is 12.5. The predicted octanol–water partition coefficient (Wildman–Crippen LogP) is 19.2. The van der Waals surface area contributed by atoms with Gasteiger partial charge in [0.05, 0.1) is 0 Å². The Labute approximate surface area is 415 Å². The van der Waals surface area contributed by atoms with Gasteiger partial charge in [-0.05, 0) is 83.5 Å². The highest BCUT2D eigenvalue weighted by Crippen LogP contribution is 2.16. The molecule has 0 saturated carbocycles. The van der Waals surface area contributed by atoms with Gasteiger partial charge in [-0.2, -0.15) is 0 Å². The molecule has 0 fully saturated rings. The fraction of sp³-hybridized carbons (Fsp3) is 0.787. The van der Waals surface area contributed by atoms with Crippen LogP contribution in [0, 0.1) is 0 Å². The minimum Gasteiger partial charge on any atom is -0.462 e. The maximum Gasteiger partial charge on any atom is 0.306 e. The van der Waals surface area contributed by atoms with Gasteiger partial charge in [0.2, 0.25) is 0 Å². The highest BCUT2D eigenvalue weighted by molar-refractivity contribution is 5.71. The van der Waals surface area contributed by atoms with E-state index < -0.39 is 6.10 Å². The second kappa shape index (κ2) is 55.7. The summed E-state index contributed by atoms with van der Waals surface area (Å²) in [5, 5.41) is 0. The van der Waals surface area contributed by atoms with Crippen LogP contribution in [-0.2, 0) is 28.6 Å². The molecule has 0 heterocycles. The van der Waals surface area contributed by atoms with E-state index in [2.05, 4.69) is 81.5 Å². The molecule has 6 nitrogen and oxygen atoms in total. The van der Waals surface area contributed by atoms with Crippen molar-refractivity contribution in [2.75, 3.05) is 13.2 Å². The van der Waals surface area contributed by atoms with Crippen LogP contribution in [0.2, 0.25) is 0 Å². The number of hydrogen-bond acceptors (Lipinski definition) is 6. The standard InChI is InChI=1S/C61H108O6/c1-4-7-10-13-16-19-22-24-26-27-28-29-30-31-32-33-35-36-39-42-45-48-51-54-60(63)66-57-58(56-65-59(62)53-50-47-44-41-38-21-18-15-12-9-6-3)67-61(64)55-52-49-46-43-40-37-34-25-23-20-17-14-11-8-5-2/h8,11,17,20,25,27-28,34,40,43,58H,4-7,9-10,12-16,18-19,21-24,26,29-33,35-39,41-42,44-57H2,1-3H3/b11-8-,20-17-,28-27-,34-25-,43-40-. The summed E-state index contributed by atoms with van der Waals surface area (Å²) in [6.45, 7) is 6.51. The first-order chi connectivity index (χ1) is 33.0. The first-order valence-electron chi connectivity index (χ1n) is 28.8. The molecule has 0 aliphatic carbocycles. The van der Waals surface area contributed by atoms with Gasteiger partial charge in [-0.25, -0.2) is 0 Å². The molecule has 1 unspecified atom stereocenters. The Morgan fingerprint density at radius 2 is 0.582 bits per heavy atom. The number of carbonyl (C=O) groups excluding carboxylic acids is 3. The summed E-state index contributed by atoms with van der Waals surface area (Å²) < 4.78 is 16.8. The van der Waals surface area contributed by atoms with Crippen LogP contribution in [0.15, 0.2) is 60.8 Å². The van der Waals surface area contributed by atoms with Gasteiger partial charge < -0.3 is 14.2 Å². The maximum absolute atomic E-state index is 12.8. The van der Waals surface area contributed by atoms with Crippen molar-refractivity contribution in [3.05, 3.63) is 60.8 Å². The summed E-state index contributed by atoms with van der Waals surface area (Å²) >= 11 is 0. The van der Waals surface area contributed by atoms with E-state index in [1.54, 1.807) is 0 Å². The molecule has 0 bridgehead atoms. The number of hydrogen-bond donors (Lipinski definition) is 0. The lowest BCUT2D eigenvalue weighted by Crippen LogP contribution is -2.30. The van der Waals surface area contributed by atoms with Crippen molar-refractivity contribution in [2.45, 2.75) is 297 Å². The highest BCUT2D eigenvalue weighted by atomic mass is 16.6. The summed E-state index contributed by atoms with van der Waals surface area (Å²) in [7, 11) is 0. The minimum absolute atomic E-state index is 0.0887. The molecule has 0 aromatic carbocycles. The fourth-order valence-electron chi connectivity index (χ4n) is 8.19. The third kappa shape index (κ3) is 53.9. The Morgan fingerprint density at radius 3 is 0.955 bits per heavy atom. The summed E-state index contributed by atoms with van der Waals surface area (Å²) in [5.41, 5.74) is 0. The lowest BCUT2D eigenvalue weighted by atomic mass is 10.0. The number of unbranched alkanes of at least 4 members (excludes halogenated alkanes) is 31. The largest absolute Gasteiger partial charge is 0.462 e. The van der Waals surface area contributed by atoms with Crippen molar-refractivity contribution >= 4 is 17.9 Å². The van der Waals surface area contributed by atoms with E-state index >= 15 is 0 Å². The average Bonchev–Trinajstić information content (AvgIpc) is 3.33. The summed E-state index contributed by atoms with van der Waals surface area (Å²) in [4.78, 5) is 38.1. The Kier molecular flexibility index (Phi) is 53.3. The predicted molar refractivity (Wildman–Crippen MR) is 288 cm³/mol. The first-order valence-corrected chi connectivity index (χ1v) is 28.8. The van der Waals surface area contributed by atoms with Gasteiger partial charge in [0.15, 0.2) is 6.10 Å². The maximum atomic E-state index is 12.8. The zero-order valence-corrected chi connectivity index (χ0v) is 44.4. The summed E-state index contributed by atoms with van der Waals surface area (Å²) in [6.07, 6.45) is 69.4. The molecule has 0 N–H and O–H groups in total. The molecule has 0 aliphatic rings. The number of carbonyl (C=O) groups is 3. The van der Waals surface area contributed by atoms with Gasteiger partial charge in [-0.15, -0.1) is 0 Å². The van der Waals surface area contributed by atoms with Gasteiger partial charge in [0.25, 0.3) is 0 Å². The topological polar surface area (TPSA) is 78.9 Å². The Hall–Kier alpha value is -2.89. The van der Waals surface area contributed by atoms with Crippen molar-refractivity contribution in [3.8, 4) is 0 Å². The van der Waals surface area contributed by atoms with Crippen molar-refractivity contribution in [2.24, 2.45) is 0 Å². The van der Waals surface area contributed by atoms with Crippen molar-refractivity contribution in [3.63, 3.8) is 0 Å². The van der Waals surface area contributed by atoms with Crippen molar-refractivity contribution < 1.29 is 28.6 Å². The number of ether oxygens (including phenoxy) is 3. The molecule has 6 heteroatoms. The van der Waals surface area contributed by atoms with Crippen LogP contribution in [0.5, 0.6) is 0 Å². The molecule has 0 aromatic heterocycles. The van der Waals surface area contributed by atoms with E-state index in [1.165, 1.54) is 167 Å². The third-order valence-corrected chi connectivity index (χ3v) is 12.5. The van der Waals surface area contributed by atoms with E-state index in [9.17, 15) is 14.4 Å². The van der Waals surface area contributed by atoms with Gasteiger partial charge in [0, 0.05) is 19.3 Å². The molecular weight excluding hydrogens is 829 g/mol. The van der Waals surface area contributed by atoms with E-state index in [0.29, 0.717) is 19.3 Å². The van der Waals surface area contributed by atoms with Gasteiger partial charge >= 0.3 is 17.9 Å². The lowest BCUT2D eigenvalue weighted by molar-refractivity contribution is -0.167. The second-order valence-electron chi connectivity index (χ2n) is 19.2. The zero-order chi connectivity index (χ0) is 48.6. The SMILES string of the molecule is CC/C=C\C/C=C\C/C=C\C/C=C\CCCCC(=O)OC(COC(=O)CCCCCCCCCCCCC)COC(=O)CCCCCCCCCCCCC/C=C\CCCCCCCCCC. The van der Waals surface area contributed by atoms with Crippen molar-refractivity contribution in [1.29, 1.82) is 0 Å². The fourth-order valence-corrected chi connectivity index (χ4v) is 8.19. The monoisotopic (exact) mass is 937 g/mol. The zero-order valence-electron chi connectivity index (χ0n) is 44.4. The average molecular weight is 938 g/mol. The Morgan fingerprint density at radius 1 is 0.313 bits per heavy atom. The molecule has 0 rings (SSSR count). The quantitative estimate of drug-likeness (QED) is 0.0262. The number of esters is 3. The van der Waals surface area contributed by atoms with E-state index in [1.807, 2.05) is 0 Å². The molecule has 0 saturated heterocycles. The van der Waals surface area contributed by atoms with Crippen LogP contribution in [0.1, 0.15) is 290 Å². The normalized spacial score (nSPS) is 12.5. The van der Waals surface area contributed by atoms with Crippen LogP contribution >= 0.6 is 0 Å². The number of allylic oxidation sites excluding steroid dienone is 10. The first kappa shape index (κ1) is 64.1. The van der Waals surface area contributed by atoms with E-state index in [-0.39, 0.29) is 37.5 Å². The number of rotatable bonds is 52. The van der Waals surface area contributed by atoms with Gasteiger partial charge in [-0.3, -0.25) is 14.4 Å².